The van der Waals surface area contributed by atoms with Gasteiger partial charge >= 0.3 is 6.09 Å². The number of benzene rings is 1. The van der Waals surface area contributed by atoms with Gasteiger partial charge in [-0.1, -0.05) is 57.0 Å². The number of alkyl carbamates (subject to hydrolysis) is 1. The van der Waals surface area contributed by atoms with Crippen molar-refractivity contribution in [2.75, 3.05) is 6.54 Å². The Morgan fingerprint density at radius 2 is 1.80 bits per heavy atom. The van der Waals surface area contributed by atoms with Crippen LogP contribution in [0.4, 0.5) is 4.79 Å². The van der Waals surface area contributed by atoms with Crippen LogP contribution in [0.2, 0.25) is 0 Å². The number of nitrogens with zero attached hydrogens (tertiary/aromatic N) is 2. The van der Waals surface area contributed by atoms with E-state index in [0.717, 1.165) is 18.4 Å². The Bertz CT molecular complexity index is 901. The number of hydrogen-bond donors (Lipinski definition) is 2. The molecule has 8 nitrogen and oxygen atoms in total. The first-order valence-electron chi connectivity index (χ1n) is 12.3. The molecule has 0 heterocycles. The number of rotatable bonds is 11. The highest BCUT2D eigenvalue weighted by molar-refractivity contribution is 5.92. The molecular formula is C27H42N4O4. The first-order valence-corrected chi connectivity index (χ1v) is 12.3. The molecule has 0 bridgehead atoms. The Balaban J connectivity index is 3.43. The third kappa shape index (κ3) is 10.4. The Kier molecular flexibility index (Phi) is 11.7. The molecule has 8 heteroatoms. The monoisotopic (exact) mass is 486 g/mol. The average molecular weight is 487 g/mol. The highest BCUT2D eigenvalue weighted by atomic mass is 16.6. The molecule has 0 saturated carbocycles. The van der Waals surface area contributed by atoms with Crippen molar-refractivity contribution >= 4 is 17.9 Å². The molecule has 0 saturated heterocycles. The summed E-state index contributed by atoms with van der Waals surface area (Å²) in [6, 6.07) is 7.30. The fourth-order valence-corrected chi connectivity index (χ4v) is 3.86. The van der Waals surface area contributed by atoms with Crippen LogP contribution in [0.1, 0.15) is 84.9 Å². The van der Waals surface area contributed by atoms with Gasteiger partial charge < -0.3 is 20.3 Å². The third-order valence-electron chi connectivity index (χ3n) is 5.25. The maximum atomic E-state index is 13.8. The molecule has 0 aromatic heterocycles. The van der Waals surface area contributed by atoms with Gasteiger partial charge in [0.1, 0.15) is 24.2 Å². The summed E-state index contributed by atoms with van der Waals surface area (Å²) in [5.41, 5.74) is 0.800. The van der Waals surface area contributed by atoms with Gasteiger partial charge in [0, 0.05) is 6.04 Å². The summed E-state index contributed by atoms with van der Waals surface area (Å²) in [4.78, 5) is 41.1. The van der Waals surface area contributed by atoms with E-state index in [2.05, 4.69) is 10.6 Å². The first kappa shape index (κ1) is 30.0. The summed E-state index contributed by atoms with van der Waals surface area (Å²) >= 11 is 0. The largest absolute Gasteiger partial charge is 0.444 e. The molecule has 0 fully saturated rings. The van der Waals surface area contributed by atoms with Gasteiger partial charge in [-0.05, 0) is 58.9 Å². The predicted octanol–water partition coefficient (Wildman–Crippen LogP) is 4.63. The number of nitrogens with one attached hydrogen (secondary N) is 2. The van der Waals surface area contributed by atoms with E-state index in [1.54, 1.807) is 26.8 Å². The number of carbonyl (C=O) groups is 3. The molecule has 1 aromatic rings. The van der Waals surface area contributed by atoms with Crippen molar-refractivity contribution in [1.29, 1.82) is 5.26 Å². The fourth-order valence-electron chi connectivity index (χ4n) is 3.86. The van der Waals surface area contributed by atoms with E-state index in [1.807, 2.05) is 58.9 Å². The van der Waals surface area contributed by atoms with Crippen molar-refractivity contribution < 1.29 is 19.1 Å². The van der Waals surface area contributed by atoms with Crippen molar-refractivity contribution in [1.82, 2.24) is 15.5 Å². The summed E-state index contributed by atoms with van der Waals surface area (Å²) in [6.07, 6.45) is 1.29. The lowest BCUT2D eigenvalue weighted by atomic mass is 9.98. The highest BCUT2D eigenvalue weighted by Gasteiger charge is 2.36. The van der Waals surface area contributed by atoms with Gasteiger partial charge in [-0.3, -0.25) is 9.59 Å². The van der Waals surface area contributed by atoms with Crippen LogP contribution in [-0.2, 0) is 14.3 Å². The molecule has 2 N–H and O–H groups in total. The second-order valence-electron chi connectivity index (χ2n) is 10.5. The SMILES string of the molecule is CCCC(C)NC(=O)C(c1cccc(C)c1)N(CC#N)C(=O)C(CC(C)C)NC(=O)OC(C)(C)C. The average Bonchev–Trinajstić information content (AvgIpc) is 2.71. The van der Waals surface area contributed by atoms with Crippen LogP contribution in [0.25, 0.3) is 0 Å². The lowest BCUT2D eigenvalue weighted by Gasteiger charge is -2.34. The number of aryl methyl sites for hydroxylation is 1. The lowest BCUT2D eigenvalue weighted by molar-refractivity contribution is -0.142. The molecule has 0 aliphatic heterocycles. The van der Waals surface area contributed by atoms with E-state index >= 15 is 0 Å². The quantitative estimate of drug-likeness (QED) is 0.443. The zero-order chi connectivity index (χ0) is 26.8. The van der Waals surface area contributed by atoms with Crippen molar-refractivity contribution in [2.45, 2.75) is 98.4 Å². The van der Waals surface area contributed by atoms with E-state index in [4.69, 9.17) is 4.74 Å². The Labute approximate surface area is 210 Å². The first-order chi connectivity index (χ1) is 16.3. The molecule has 1 aromatic carbocycles. The number of nitriles is 1. The zero-order valence-electron chi connectivity index (χ0n) is 22.5. The molecule has 194 valence electrons. The van der Waals surface area contributed by atoms with Gasteiger partial charge in [0.05, 0.1) is 6.07 Å². The van der Waals surface area contributed by atoms with Crippen molar-refractivity contribution in [2.24, 2.45) is 5.92 Å². The molecule has 0 radical (unpaired) electrons. The molecule has 0 aliphatic rings. The van der Waals surface area contributed by atoms with Gasteiger partial charge in [0.15, 0.2) is 0 Å². The van der Waals surface area contributed by atoms with Crippen LogP contribution in [0.3, 0.4) is 0 Å². The van der Waals surface area contributed by atoms with Gasteiger partial charge in [0.25, 0.3) is 0 Å². The fraction of sp³-hybridized carbons (Fsp3) is 0.630. The number of carbonyl (C=O) groups excluding carboxylic acids is 3. The molecule has 0 aliphatic carbocycles. The zero-order valence-corrected chi connectivity index (χ0v) is 22.5. The van der Waals surface area contributed by atoms with Gasteiger partial charge in [0.2, 0.25) is 11.8 Å². The molecule has 3 unspecified atom stereocenters. The molecule has 3 amide bonds. The van der Waals surface area contributed by atoms with E-state index in [0.29, 0.717) is 12.0 Å². The van der Waals surface area contributed by atoms with Crippen LogP contribution in [0.15, 0.2) is 24.3 Å². The smallest absolute Gasteiger partial charge is 0.408 e. The van der Waals surface area contributed by atoms with Crippen LogP contribution >= 0.6 is 0 Å². The van der Waals surface area contributed by atoms with Crippen LogP contribution in [-0.4, -0.2) is 47.0 Å². The van der Waals surface area contributed by atoms with Crippen LogP contribution < -0.4 is 10.6 Å². The Morgan fingerprint density at radius 1 is 1.14 bits per heavy atom. The molecule has 0 spiro atoms. The van der Waals surface area contributed by atoms with E-state index < -0.39 is 29.7 Å². The molecule has 35 heavy (non-hydrogen) atoms. The van der Waals surface area contributed by atoms with Crippen molar-refractivity contribution in [3.63, 3.8) is 0 Å². The predicted molar refractivity (Wildman–Crippen MR) is 136 cm³/mol. The Hall–Kier alpha value is -3.08. The minimum atomic E-state index is -1.02. The van der Waals surface area contributed by atoms with E-state index in [-0.39, 0.29) is 24.4 Å². The summed E-state index contributed by atoms with van der Waals surface area (Å²) in [5.74, 6) is -0.796. The van der Waals surface area contributed by atoms with Gasteiger partial charge in [-0.25, -0.2) is 4.79 Å². The summed E-state index contributed by atoms with van der Waals surface area (Å²) in [7, 11) is 0. The molecule has 1 rings (SSSR count). The van der Waals surface area contributed by atoms with Crippen molar-refractivity contribution in [3.8, 4) is 6.07 Å². The molecule has 3 atom stereocenters. The van der Waals surface area contributed by atoms with E-state index in [9.17, 15) is 19.6 Å². The topological polar surface area (TPSA) is 112 Å². The van der Waals surface area contributed by atoms with Crippen LogP contribution in [0.5, 0.6) is 0 Å². The van der Waals surface area contributed by atoms with Crippen LogP contribution in [0, 0.1) is 24.2 Å². The maximum absolute atomic E-state index is 13.8. The highest BCUT2D eigenvalue weighted by Crippen LogP contribution is 2.25. The molecular weight excluding hydrogens is 444 g/mol. The second kappa shape index (κ2) is 13.7. The van der Waals surface area contributed by atoms with E-state index in [1.165, 1.54) is 4.90 Å². The summed E-state index contributed by atoms with van der Waals surface area (Å²) in [5, 5.41) is 15.3. The minimum absolute atomic E-state index is 0.0682. The van der Waals surface area contributed by atoms with Gasteiger partial charge in [-0.2, -0.15) is 5.26 Å². The lowest BCUT2D eigenvalue weighted by Crippen LogP contribution is -2.54. The third-order valence-corrected chi connectivity index (χ3v) is 5.25. The summed E-state index contributed by atoms with van der Waals surface area (Å²) in [6.45, 7) is 14.6. The minimum Gasteiger partial charge on any atom is -0.444 e. The number of hydrogen-bond acceptors (Lipinski definition) is 5. The Morgan fingerprint density at radius 3 is 2.31 bits per heavy atom. The number of amides is 3. The standard InChI is InChI=1S/C27H42N4O4/c1-9-11-20(5)29-24(32)23(21-13-10-12-19(4)17-21)31(15-14-28)25(33)22(16-18(2)3)30-26(34)35-27(6,7)8/h10,12-13,17-18,20,22-23H,9,11,15-16H2,1-8H3,(H,29,32)(H,30,34). The van der Waals surface area contributed by atoms with Crippen molar-refractivity contribution in [3.05, 3.63) is 35.4 Å². The van der Waals surface area contributed by atoms with Gasteiger partial charge in [-0.15, -0.1) is 0 Å². The summed E-state index contributed by atoms with van der Waals surface area (Å²) < 4.78 is 5.36. The normalized spacial score (nSPS) is 13.8. The second-order valence-corrected chi connectivity index (χ2v) is 10.5. The number of ether oxygens (including phenoxy) is 1. The maximum Gasteiger partial charge on any atom is 0.408 e.